The number of carbonyl (C=O) groups is 3. The van der Waals surface area contributed by atoms with Gasteiger partial charge in [-0.15, -0.1) is 0 Å². The van der Waals surface area contributed by atoms with E-state index in [4.69, 9.17) is 9.47 Å². The Hall–Kier alpha value is -3.51. The fourth-order valence-corrected chi connectivity index (χ4v) is 5.68. The highest BCUT2D eigenvalue weighted by molar-refractivity contribution is 5.99. The summed E-state index contributed by atoms with van der Waals surface area (Å²) in [6.07, 6.45) is 3.27. The molecule has 2 amide bonds. The Morgan fingerprint density at radius 1 is 1.09 bits per heavy atom. The number of aromatic carboxylic acids is 1. The van der Waals surface area contributed by atoms with Crippen molar-refractivity contribution in [2.45, 2.75) is 77.7 Å². The van der Waals surface area contributed by atoms with E-state index in [0.717, 1.165) is 37.8 Å². The predicted octanol–water partition coefficient (Wildman–Crippen LogP) is 4.59. The van der Waals surface area contributed by atoms with Crippen molar-refractivity contribution in [3.63, 3.8) is 0 Å². The van der Waals surface area contributed by atoms with Crippen LogP contribution in [0.2, 0.25) is 0 Å². The molecule has 1 heterocycles. The highest BCUT2D eigenvalue weighted by Gasteiger charge is 2.30. The van der Waals surface area contributed by atoms with Gasteiger partial charge in [0.2, 0.25) is 5.91 Å². The molecule has 11 nitrogen and oxygen atoms in total. The molecule has 0 spiro atoms. The molecule has 11 heteroatoms. The predicted molar refractivity (Wildman–Crippen MR) is 183 cm³/mol. The maximum absolute atomic E-state index is 14.3. The highest BCUT2D eigenvalue weighted by atomic mass is 16.5. The summed E-state index contributed by atoms with van der Waals surface area (Å²) in [4.78, 5) is 44.1. The van der Waals surface area contributed by atoms with Gasteiger partial charge < -0.3 is 34.8 Å². The van der Waals surface area contributed by atoms with Crippen LogP contribution in [0.15, 0.2) is 42.5 Å². The zero-order valence-electron chi connectivity index (χ0n) is 28.9. The first kappa shape index (κ1) is 37.9. The average molecular weight is 655 g/mol. The van der Waals surface area contributed by atoms with Crippen molar-refractivity contribution in [3.8, 4) is 5.75 Å². The second kappa shape index (κ2) is 18.7. The van der Waals surface area contributed by atoms with Crippen LogP contribution in [-0.4, -0.2) is 115 Å². The molecule has 3 N–H and O–H groups in total. The van der Waals surface area contributed by atoms with Gasteiger partial charge >= 0.3 is 5.97 Å². The van der Waals surface area contributed by atoms with Gasteiger partial charge in [-0.05, 0) is 103 Å². The normalized spacial score (nSPS) is 20.3. The lowest BCUT2D eigenvalue weighted by Gasteiger charge is -2.36. The van der Waals surface area contributed by atoms with Crippen LogP contribution in [0.25, 0.3) is 0 Å². The van der Waals surface area contributed by atoms with E-state index in [1.54, 1.807) is 35.2 Å². The fourth-order valence-electron chi connectivity index (χ4n) is 5.68. The van der Waals surface area contributed by atoms with Crippen LogP contribution in [0.4, 0.5) is 5.69 Å². The van der Waals surface area contributed by atoms with Gasteiger partial charge in [-0.25, -0.2) is 4.79 Å². The van der Waals surface area contributed by atoms with Crippen molar-refractivity contribution in [2.24, 2.45) is 5.92 Å². The zero-order chi connectivity index (χ0) is 34.5. The number of carboxylic acid groups (broad SMARTS) is 1. The summed E-state index contributed by atoms with van der Waals surface area (Å²) in [5.41, 5.74) is 2.10. The van der Waals surface area contributed by atoms with Crippen LogP contribution in [0.3, 0.4) is 0 Å². The quantitative estimate of drug-likeness (QED) is 0.301. The van der Waals surface area contributed by atoms with E-state index >= 15 is 0 Å². The second-order valence-corrected chi connectivity index (χ2v) is 13.2. The fraction of sp³-hybridized carbons (Fsp3) is 0.583. The molecule has 0 bridgehead atoms. The number of carboxylic acids is 1. The van der Waals surface area contributed by atoms with Crippen LogP contribution in [0.1, 0.15) is 79.2 Å². The van der Waals surface area contributed by atoms with Gasteiger partial charge in [0, 0.05) is 44.3 Å². The van der Waals surface area contributed by atoms with Crippen LogP contribution < -0.4 is 10.1 Å². The van der Waals surface area contributed by atoms with Crippen molar-refractivity contribution >= 4 is 23.5 Å². The van der Waals surface area contributed by atoms with Gasteiger partial charge in [-0.2, -0.15) is 0 Å². The first-order valence-electron chi connectivity index (χ1n) is 16.7. The summed E-state index contributed by atoms with van der Waals surface area (Å²) in [5.74, 6) is -0.995. The molecular formula is C36H54N4O7. The molecule has 0 aromatic heterocycles. The zero-order valence-corrected chi connectivity index (χ0v) is 28.9. The Labute approximate surface area is 279 Å². The lowest BCUT2D eigenvalue weighted by Crippen LogP contribution is -2.47. The number of carbonyl (C=O) groups excluding carboxylic acids is 2. The van der Waals surface area contributed by atoms with E-state index in [2.05, 4.69) is 17.1 Å². The standard InChI is InChI=1S/C36H54N4O7/c1-25-21-40(26(2)24-41)35(43)31-20-30(37-34(42)11-9-18-38(4)5)16-17-32(31)47-27(3)10-7-8-19-46-33(25)23-39(6)22-28-12-14-29(15-13-28)36(44)45/h12-17,20,25-27,33,41H,7-11,18-19,21-24H2,1-6H3,(H,37,42)(H,44,45)/t25-,26-,27-,33+/m1/s1. The minimum absolute atomic E-state index is 0.0874. The largest absolute Gasteiger partial charge is 0.490 e. The number of amides is 2. The maximum atomic E-state index is 14.3. The van der Waals surface area contributed by atoms with Crippen LogP contribution in [0, 0.1) is 5.92 Å². The molecule has 0 aliphatic carbocycles. The number of aliphatic hydroxyl groups is 1. The Kier molecular flexibility index (Phi) is 15.1. The smallest absolute Gasteiger partial charge is 0.335 e. The number of nitrogens with zero attached hydrogens (tertiary/aromatic N) is 3. The van der Waals surface area contributed by atoms with E-state index in [9.17, 15) is 24.6 Å². The Balaban J connectivity index is 1.85. The molecule has 0 radical (unpaired) electrons. The number of benzene rings is 2. The number of aliphatic hydroxyl groups excluding tert-OH is 1. The number of fused-ring (bicyclic) bond motifs is 1. The molecule has 260 valence electrons. The number of ether oxygens (including phenoxy) is 2. The van der Waals surface area contributed by atoms with Crippen molar-refractivity contribution in [2.75, 3.05) is 59.3 Å². The SMILES string of the molecule is C[C@@H]1CCCCO[C@@H](CN(C)Cc2ccc(C(=O)O)cc2)[C@H](C)CN([C@H](C)CO)C(=O)c2cc(NC(=O)CCCN(C)C)ccc2O1. The van der Waals surface area contributed by atoms with Gasteiger partial charge in [-0.3, -0.25) is 14.5 Å². The molecule has 4 atom stereocenters. The van der Waals surface area contributed by atoms with Crippen LogP contribution in [0.5, 0.6) is 5.75 Å². The summed E-state index contributed by atoms with van der Waals surface area (Å²) in [6, 6.07) is 11.6. The van der Waals surface area contributed by atoms with Gasteiger partial charge in [0.05, 0.1) is 36.0 Å². The minimum atomic E-state index is -0.955. The summed E-state index contributed by atoms with van der Waals surface area (Å²) in [6.45, 7) is 8.54. The van der Waals surface area contributed by atoms with E-state index < -0.39 is 12.0 Å². The number of likely N-dealkylation sites (N-methyl/N-ethyl adjacent to an activating group) is 1. The number of nitrogens with one attached hydrogen (secondary N) is 1. The first-order chi connectivity index (χ1) is 22.4. The highest BCUT2D eigenvalue weighted by Crippen LogP contribution is 2.29. The van der Waals surface area contributed by atoms with Gasteiger partial charge in [0.1, 0.15) is 5.75 Å². The summed E-state index contributed by atoms with van der Waals surface area (Å²) in [5, 5.41) is 22.4. The number of hydrogen-bond acceptors (Lipinski definition) is 8. The number of hydrogen-bond donors (Lipinski definition) is 3. The lowest BCUT2D eigenvalue weighted by atomic mass is 10.0. The lowest BCUT2D eigenvalue weighted by molar-refractivity contribution is -0.116. The third-order valence-corrected chi connectivity index (χ3v) is 8.49. The van der Waals surface area contributed by atoms with Crippen LogP contribution in [-0.2, 0) is 16.1 Å². The van der Waals surface area contributed by atoms with E-state index in [1.165, 1.54) is 0 Å². The summed E-state index contributed by atoms with van der Waals surface area (Å²) < 4.78 is 12.8. The van der Waals surface area contributed by atoms with Gasteiger partial charge in [0.25, 0.3) is 5.91 Å². The van der Waals surface area contributed by atoms with Crippen molar-refractivity contribution in [1.82, 2.24) is 14.7 Å². The molecule has 47 heavy (non-hydrogen) atoms. The van der Waals surface area contributed by atoms with E-state index in [1.807, 2.05) is 52.0 Å². The monoisotopic (exact) mass is 654 g/mol. The van der Waals surface area contributed by atoms with Gasteiger partial charge in [-0.1, -0.05) is 19.1 Å². The van der Waals surface area contributed by atoms with Gasteiger partial charge in [0.15, 0.2) is 0 Å². The molecule has 1 aliphatic rings. The van der Waals surface area contributed by atoms with E-state index in [-0.39, 0.29) is 42.1 Å². The summed E-state index contributed by atoms with van der Waals surface area (Å²) >= 11 is 0. The van der Waals surface area contributed by atoms with Crippen LogP contribution >= 0.6 is 0 Å². The Bertz CT molecular complexity index is 1300. The third-order valence-electron chi connectivity index (χ3n) is 8.49. The molecule has 0 saturated heterocycles. The van der Waals surface area contributed by atoms with E-state index in [0.29, 0.717) is 49.7 Å². The molecular weight excluding hydrogens is 600 g/mol. The second-order valence-electron chi connectivity index (χ2n) is 13.2. The Morgan fingerprint density at radius 2 is 1.81 bits per heavy atom. The summed E-state index contributed by atoms with van der Waals surface area (Å²) in [7, 11) is 5.93. The Morgan fingerprint density at radius 3 is 2.47 bits per heavy atom. The molecule has 3 rings (SSSR count). The first-order valence-corrected chi connectivity index (χ1v) is 16.7. The van der Waals surface area contributed by atoms with Crippen molar-refractivity contribution < 1.29 is 34.1 Å². The van der Waals surface area contributed by atoms with Crippen molar-refractivity contribution in [1.29, 1.82) is 0 Å². The molecule has 0 unspecified atom stereocenters. The molecule has 2 aromatic carbocycles. The molecule has 1 aliphatic heterocycles. The molecule has 0 fully saturated rings. The number of anilines is 1. The topological polar surface area (TPSA) is 132 Å². The number of rotatable bonds is 12. The minimum Gasteiger partial charge on any atom is -0.490 e. The molecule has 2 aromatic rings. The third kappa shape index (κ3) is 12.2. The maximum Gasteiger partial charge on any atom is 0.335 e. The average Bonchev–Trinajstić information content (AvgIpc) is 3.02. The van der Waals surface area contributed by atoms with Crippen molar-refractivity contribution in [3.05, 3.63) is 59.2 Å². The molecule has 0 saturated carbocycles.